The van der Waals surface area contributed by atoms with E-state index < -0.39 is 23.8 Å². The van der Waals surface area contributed by atoms with Gasteiger partial charge in [-0.15, -0.1) is 9.78 Å². The van der Waals surface area contributed by atoms with Crippen molar-refractivity contribution in [3.63, 3.8) is 0 Å². The van der Waals surface area contributed by atoms with Gasteiger partial charge in [-0.2, -0.15) is 0 Å². The number of aryl methyl sites for hydroxylation is 2. The van der Waals surface area contributed by atoms with Crippen molar-refractivity contribution in [3.8, 4) is 0 Å². The third kappa shape index (κ3) is 3.54. The standard InChI is InChI=1S/C22H26FN6O2/c1-13(2)11-27-18-19(24-21(27)29-15(4)10-14(3)25-29)26(5)22(31)28(20(18)30)12-16-8-6-7-9-17(16)23/h6-10,13,18H,11-12H2,1-5H3/q+1. The number of carbonyl (C=O) groups excluding carboxylic acids is 2. The van der Waals surface area contributed by atoms with Crippen molar-refractivity contribution in [2.45, 2.75) is 40.3 Å². The molecule has 1 fully saturated rings. The molecule has 1 atom stereocenters. The molecule has 0 N–H and O–H groups in total. The lowest BCUT2D eigenvalue weighted by Gasteiger charge is -2.34. The number of fused-ring (bicyclic) bond motifs is 1. The van der Waals surface area contributed by atoms with Gasteiger partial charge in [0.1, 0.15) is 11.5 Å². The average molecular weight is 425 g/mol. The summed E-state index contributed by atoms with van der Waals surface area (Å²) >= 11 is 0. The molecule has 1 aromatic heterocycles. The van der Waals surface area contributed by atoms with Crippen LogP contribution in [0.4, 0.5) is 9.18 Å². The summed E-state index contributed by atoms with van der Waals surface area (Å²) in [6.45, 7) is 8.33. The Morgan fingerprint density at radius 2 is 1.90 bits per heavy atom. The molecular formula is C22H26FN6O2+. The first-order valence-electron chi connectivity index (χ1n) is 10.3. The molecule has 2 aliphatic heterocycles. The molecule has 3 amide bonds. The van der Waals surface area contributed by atoms with Gasteiger partial charge < -0.3 is 0 Å². The van der Waals surface area contributed by atoms with Gasteiger partial charge in [-0.1, -0.05) is 37.0 Å². The Morgan fingerprint density at radius 1 is 1.19 bits per heavy atom. The summed E-state index contributed by atoms with van der Waals surface area (Å²) in [6.07, 6.45) is 0. The molecule has 1 saturated heterocycles. The quantitative estimate of drug-likeness (QED) is 0.706. The number of aromatic nitrogens is 2. The molecule has 31 heavy (non-hydrogen) atoms. The number of amides is 3. The second kappa shape index (κ2) is 7.72. The normalized spacial score (nSPS) is 18.9. The van der Waals surface area contributed by atoms with Gasteiger partial charge in [0.15, 0.2) is 0 Å². The van der Waals surface area contributed by atoms with E-state index in [1.807, 2.05) is 24.5 Å². The number of hydrogen-bond acceptors (Lipinski definition) is 4. The van der Waals surface area contributed by atoms with Crippen LogP contribution in [0.2, 0.25) is 0 Å². The van der Waals surface area contributed by atoms with Crippen LogP contribution in [0.1, 0.15) is 30.8 Å². The molecule has 9 heteroatoms. The summed E-state index contributed by atoms with van der Waals surface area (Å²) in [5, 5.41) is 4.53. The molecule has 162 valence electrons. The van der Waals surface area contributed by atoms with Gasteiger partial charge in [-0.3, -0.25) is 14.6 Å². The van der Waals surface area contributed by atoms with E-state index in [2.05, 4.69) is 23.9 Å². The summed E-state index contributed by atoms with van der Waals surface area (Å²) in [6, 6.07) is 6.80. The van der Waals surface area contributed by atoms with E-state index >= 15 is 0 Å². The third-order valence-electron chi connectivity index (χ3n) is 5.44. The first-order chi connectivity index (χ1) is 14.7. The van der Waals surface area contributed by atoms with E-state index in [1.165, 1.54) is 11.0 Å². The molecule has 0 bridgehead atoms. The van der Waals surface area contributed by atoms with Gasteiger partial charge in [-0.05, 0) is 31.9 Å². The zero-order chi connectivity index (χ0) is 22.4. The molecule has 4 rings (SSSR count). The van der Waals surface area contributed by atoms with Gasteiger partial charge in [-0.25, -0.2) is 13.8 Å². The Hall–Kier alpha value is -3.36. The maximum atomic E-state index is 14.2. The molecule has 0 spiro atoms. The summed E-state index contributed by atoms with van der Waals surface area (Å²) in [5.74, 6) is 0.244. The van der Waals surface area contributed by atoms with E-state index in [1.54, 1.807) is 29.9 Å². The number of imide groups is 1. The van der Waals surface area contributed by atoms with Crippen LogP contribution in [-0.2, 0) is 11.3 Å². The van der Waals surface area contributed by atoms with Crippen LogP contribution in [-0.4, -0.2) is 67.5 Å². The lowest BCUT2D eigenvalue weighted by atomic mass is 10.1. The van der Waals surface area contributed by atoms with Crippen LogP contribution >= 0.6 is 0 Å². The minimum Gasteiger partial charge on any atom is -0.270 e. The maximum Gasteiger partial charge on any atom is 0.421 e. The number of rotatable bonds is 4. The summed E-state index contributed by atoms with van der Waals surface area (Å²) < 4.78 is 17.8. The lowest BCUT2D eigenvalue weighted by Crippen LogP contribution is -2.62. The molecule has 0 saturated carbocycles. The Labute approximate surface area is 180 Å². The van der Waals surface area contributed by atoms with Crippen molar-refractivity contribution in [1.82, 2.24) is 19.6 Å². The topological polar surface area (TPSA) is 73.8 Å². The first-order valence-corrected chi connectivity index (χ1v) is 10.3. The van der Waals surface area contributed by atoms with Crippen molar-refractivity contribution < 1.29 is 18.6 Å². The van der Waals surface area contributed by atoms with Crippen molar-refractivity contribution in [2.75, 3.05) is 13.6 Å². The molecule has 3 heterocycles. The highest BCUT2D eigenvalue weighted by Gasteiger charge is 2.53. The minimum atomic E-state index is -0.768. The van der Waals surface area contributed by atoms with Crippen LogP contribution in [0.5, 0.6) is 0 Å². The second-order valence-corrected chi connectivity index (χ2v) is 8.42. The Kier molecular flexibility index (Phi) is 5.20. The van der Waals surface area contributed by atoms with Gasteiger partial charge in [0.05, 0.1) is 18.8 Å². The van der Waals surface area contributed by atoms with Gasteiger partial charge in [0.25, 0.3) is 5.91 Å². The zero-order valence-electron chi connectivity index (χ0n) is 18.3. The number of halogens is 1. The largest absolute Gasteiger partial charge is 0.421 e. The van der Waals surface area contributed by atoms with E-state index in [0.717, 1.165) is 16.3 Å². The molecule has 2 aliphatic rings. The van der Waals surface area contributed by atoms with Gasteiger partial charge in [0, 0.05) is 12.6 Å². The highest BCUT2D eigenvalue weighted by atomic mass is 19.1. The monoisotopic (exact) mass is 425 g/mol. The maximum absolute atomic E-state index is 14.2. The SMILES string of the molecule is Cc1cc(C)n(C2=[N+](CC(C)C)C3C(=O)N(Cc4ccccc4F)C(=O)N(C)C3=N2)n1. The number of hydrogen-bond donors (Lipinski definition) is 0. The van der Waals surface area contributed by atoms with Gasteiger partial charge >= 0.3 is 12.0 Å². The highest BCUT2D eigenvalue weighted by molar-refractivity contribution is 6.22. The zero-order valence-corrected chi connectivity index (χ0v) is 18.3. The molecule has 0 aliphatic carbocycles. The fourth-order valence-electron chi connectivity index (χ4n) is 4.03. The van der Waals surface area contributed by atoms with Crippen LogP contribution in [0.3, 0.4) is 0 Å². The van der Waals surface area contributed by atoms with Crippen molar-refractivity contribution in [1.29, 1.82) is 0 Å². The number of urea groups is 1. The summed E-state index contributed by atoms with van der Waals surface area (Å²) in [4.78, 5) is 33.7. The van der Waals surface area contributed by atoms with Crippen LogP contribution in [0.25, 0.3) is 0 Å². The number of nitrogens with zero attached hydrogens (tertiary/aromatic N) is 6. The smallest absolute Gasteiger partial charge is 0.270 e. The van der Waals surface area contributed by atoms with E-state index in [9.17, 15) is 14.0 Å². The number of benzene rings is 1. The Bertz CT molecular complexity index is 1130. The fraction of sp³-hybridized carbons (Fsp3) is 0.409. The number of carbonyl (C=O) groups is 2. The molecular weight excluding hydrogens is 399 g/mol. The minimum absolute atomic E-state index is 0.136. The van der Waals surface area contributed by atoms with Crippen LogP contribution in [0.15, 0.2) is 35.3 Å². The molecule has 1 unspecified atom stereocenters. The highest BCUT2D eigenvalue weighted by Crippen LogP contribution is 2.24. The summed E-state index contributed by atoms with van der Waals surface area (Å²) in [5.41, 5.74) is 2.00. The van der Waals surface area contributed by atoms with Crippen molar-refractivity contribution >= 4 is 23.7 Å². The fourth-order valence-corrected chi connectivity index (χ4v) is 4.03. The molecule has 0 radical (unpaired) electrons. The predicted molar refractivity (Wildman–Crippen MR) is 113 cm³/mol. The lowest BCUT2D eigenvalue weighted by molar-refractivity contribution is -0.543. The Morgan fingerprint density at radius 3 is 2.52 bits per heavy atom. The number of amidine groups is 1. The first kappa shape index (κ1) is 20.9. The number of aliphatic imine (C=N–C) groups is 1. The number of likely N-dealkylation sites (N-methyl/N-ethyl adjacent to an activating group) is 1. The van der Waals surface area contributed by atoms with Crippen molar-refractivity contribution in [2.24, 2.45) is 10.9 Å². The second-order valence-electron chi connectivity index (χ2n) is 8.42. The average Bonchev–Trinajstić information content (AvgIpc) is 3.23. The Balaban J connectivity index is 1.79. The molecule has 8 nitrogen and oxygen atoms in total. The van der Waals surface area contributed by atoms with Crippen LogP contribution in [0, 0.1) is 25.6 Å². The predicted octanol–water partition coefficient (Wildman–Crippen LogP) is 2.39. The van der Waals surface area contributed by atoms with Crippen molar-refractivity contribution in [3.05, 3.63) is 53.1 Å². The van der Waals surface area contributed by atoms with Gasteiger partial charge in [0.2, 0.25) is 11.9 Å². The van der Waals surface area contributed by atoms with E-state index in [4.69, 9.17) is 0 Å². The van der Waals surface area contributed by atoms with E-state index in [0.29, 0.717) is 18.3 Å². The summed E-state index contributed by atoms with van der Waals surface area (Å²) in [7, 11) is 1.59. The molecule has 1 aromatic carbocycles. The van der Waals surface area contributed by atoms with E-state index in [-0.39, 0.29) is 18.0 Å². The third-order valence-corrected chi connectivity index (χ3v) is 5.44. The van der Waals surface area contributed by atoms with Crippen LogP contribution < -0.4 is 0 Å². The molecule has 2 aromatic rings.